The molecule has 2 heteroatoms. The van der Waals surface area contributed by atoms with Crippen LogP contribution in [0.5, 0.6) is 0 Å². The summed E-state index contributed by atoms with van der Waals surface area (Å²) in [7, 11) is 0. The molecule has 0 bridgehead atoms. The molecule has 1 saturated carbocycles. The molecule has 0 saturated heterocycles. The van der Waals surface area contributed by atoms with Crippen LogP contribution in [0, 0.1) is 28.6 Å². The summed E-state index contributed by atoms with van der Waals surface area (Å²) in [4.78, 5) is 0. The van der Waals surface area contributed by atoms with Gasteiger partial charge in [0.1, 0.15) is 0 Å². The molecule has 3 unspecified atom stereocenters. The van der Waals surface area contributed by atoms with E-state index in [4.69, 9.17) is 4.74 Å². The summed E-state index contributed by atoms with van der Waals surface area (Å²) >= 11 is 0. The van der Waals surface area contributed by atoms with E-state index in [0.29, 0.717) is 11.3 Å². The molecule has 0 aromatic heterocycles. The Balaban J connectivity index is 2.58. The van der Waals surface area contributed by atoms with E-state index < -0.39 is 0 Å². The lowest BCUT2D eigenvalue weighted by Gasteiger charge is -2.41. The Morgan fingerprint density at radius 2 is 2.00 bits per heavy atom. The van der Waals surface area contributed by atoms with Crippen molar-refractivity contribution in [2.75, 3.05) is 6.61 Å². The highest BCUT2D eigenvalue weighted by molar-refractivity contribution is 4.96. The van der Waals surface area contributed by atoms with E-state index in [1.807, 2.05) is 0 Å². The van der Waals surface area contributed by atoms with Crippen LogP contribution in [0.4, 0.5) is 0 Å². The lowest BCUT2D eigenvalue weighted by molar-refractivity contribution is -0.0320. The fraction of sp³-hybridized carbons (Fsp3) is 0.938. The predicted octanol–water partition coefficient (Wildman–Crippen LogP) is 4.55. The number of ether oxygens (including phenoxy) is 1. The third-order valence-corrected chi connectivity index (χ3v) is 4.80. The van der Waals surface area contributed by atoms with Crippen LogP contribution in [0.25, 0.3) is 0 Å². The van der Waals surface area contributed by atoms with E-state index in [9.17, 15) is 5.26 Å². The summed E-state index contributed by atoms with van der Waals surface area (Å²) in [6.07, 6.45) is 6.92. The normalized spacial score (nSPS) is 28.9. The number of hydrogen-bond donors (Lipinski definition) is 0. The SMILES string of the molecule is CCCCOC1CC(C(C)(C)CC)CCC1C#N. The molecule has 1 aliphatic carbocycles. The van der Waals surface area contributed by atoms with Crippen LogP contribution >= 0.6 is 0 Å². The van der Waals surface area contributed by atoms with Crippen molar-refractivity contribution in [3.05, 3.63) is 0 Å². The van der Waals surface area contributed by atoms with Crippen molar-refractivity contribution >= 4 is 0 Å². The maximum atomic E-state index is 9.23. The van der Waals surface area contributed by atoms with Gasteiger partial charge in [0.05, 0.1) is 18.1 Å². The Morgan fingerprint density at radius 3 is 2.56 bits per heavy atom. The van der Waals surface area contributed by atoms with Gasteiger partial charge in [-0.1, -0.05) is 40.5 Å². The van der Waals surface area contributed by atoms with Gasteiger partial charge in [-0.05, 0) is 37.0 Å². The lowest BCUT2D eigenvalue weighted by Crippen LogP contribution is -2.37. The van der Waals surface area contributed by atoms with Gasteiger partial charge in [-0.3, -0.25) is 0 Å². The lowest BCUT2D eigenvalue weighted by atomic mass is 9.67. The van der Waals surface area contributed by atoms with Gasteiger partial charge in [0.25, 0.3) is 0 Å². The van der Waals surface area contributed by atoms with Crippen LogP contribution in [0.15, 0.2) is 0 Å². The molecule has 1 fully saturated rings. The first-order chi connectivity index (χ1) is 8.55. The Labute approximate surface area is 113 Å². The van der Waals surface area contributed by atoms with Crippen molar-refractivity contribution in [2.24, 2.45) is 17.3 Å². The molecular weight excluding hydrogens is 222 g/mol. The third-order valence-electron chi connectivity index (χ3n) is 4.80. The van der Waals surface area contributed by atoms with E-state index in [0.717, 1.165) is 32.3 Å². The third kappa shape index (κ3) is 3.99. The predicted molar refractivity (Wildman–Crippen MR) is 75.2 cm³/mol. The zero-order valence-electron chi connectivity index (χ0n) is 12.5. The van der Waals surface area contributed by atoms with Crippen LogP contribution in [-0.4, -0.2) is 12.7 Å². The number of hydrogen-bond acceptors (Lipinski definition) is 2. The summed E-state index contributed by atoms with van der Waals surface area (Å²) in [6, 6.07) is 2.45. The number of unbranched alkanes of at least 4 members (excludes halogenated alkanes) is 1. The monoisotopic (exact) mass is 251 g/mol. The molecule has 0 heterocycles. The van der Waals surface area contributed by atoms with Gasteiger partial charge < -0.3 is 4.74 Å². The van der Waals surface area contributed by atoms with Gasteiger partial charge in [-0.25, -0.2) is 0 Å². The van der Waals surface area contributed by atoms with Gasteiger partial charge >= 0.3 is 0 Å². The fourth-order valence-corrected chi connectivity index (χ4v) is 2.84. The topological polar surface area (TPSA) is 33.0 Å². The molecule has 18 heavy (non-hydrogen) atoms. The molecule has 104 valence electrons. The van der Waals surface area contributed by atoms with Crippen LogP contribution < -0.4 is 0 Å². The molecule has 1 aliphatic rings. The van der Waals surface area contributed by atoms with Crippen molar-refractivity contribution in [3.8, 4) is 6.07 Å². The molecule has 0 amide bonds. The van der Waals surface area contributed by atoms with Crippen molar-refractivity contribution < 1.29 is 4.74 Å². The summed E-state index contributed by atoms with van der Waals surface area (Å²) in [5.41, 5.74) is 0.382. The van der Waals surface area contributed by atoms with Crippen LogP contribution in [-0.2, 0) is 4.74 Å². The van der Waals surface area contributed by atoms with Crippen molar-refractivity contribution in [1.82, 2.24) is 0 Å². The second-order valence-electron chi connectivity index (χ2n) is 6.35. The molecule has 0 aliphatic heterocycles. The van der Waals surface area contributed by atoms with E-state index in [2.05, 4.69) is 33.8 Å². The molecule has 2 nitrogen and oxygen atoms in total. The van der Waals surface area contributed by atoms with Crippen LogP contribution in [0.2, 0.25) is 0 Å². The zero-order valence-corrected chi connectivity index (χ0v) is 12.5. The van der Waals surface area contributed by atoms with Crippen molar-refractivity contribution in [3.63, 3.8) is 0 Å². The first-order valence-corrected chi connectivity index (χ1v) is 7.56. The minimum atomic E-state index is 0.116. The number of nitriles is 1. The molecule has 0 aromatic rings. The van der Waals surface area contributed by atoms with Crippen LogP contribution in [0.3, 0.4) is 0 Å². The molecule has 3 atom stereocenters. The number of rotatable bonds is 6. The smallest absolute Gasteiger partial charge is 0.0736 e. The first-order valence-electron chi connectivity index (χ1n) is 7.56. The average molecular weight is 251 g/mol. The van der Waals surface area contributed by atoms with Gasteiger partial charge in [-0.2, -0.15) is 5.26 Å². The van der Waals surface area contributed by atoms with Gasteiger partial charge in [0.2, 0.25) is 0 Å². The fourth-order valence-electron chi connectivity index (χ4n) is 2.84. The highest BCUT2D eigenvalue weighted by atomic mass is 16.5. The molecule has 0 radical (unpaired) electrons. The maximum absolute atomic E-state index is 9.23. The largest absolute Gasteiger partial charge is 0.377 e. The molecule has 0 spiro atoms. The van der Waals surface area contributed by atoms with Gasteiger partial charge in [-0.15, -0.1) is 0 Å². The zero-order chi connectivity index (χ0) is 13.6. The standard InChI is InChI=1S/C16H29NO/c1-5-7-10-18-15-11-14(16(3,4)6-2)9-8-13(15)12-17/h13-15H,5-11H2,1-4H3. The summed E-state index contributed by atoms with van der Waals surface area (Å²) in [6.45, 7) is 9.97. The number of nitrogens with zero attached hydrogens (tertiary/aromatic N) is 1. The van der Waals surface area contributed by atoms with Gasteiger partial charge in [0, 0.05) is 6.61 Å². The minimum Gasteiger partial charge on any atom is -0.377 e. The summed E-state index contributed by atoms with van der Waals surface area (Å²) in [5.74, 6) is 0.824. The van der Waals surface area contributed by atoms with Gasteiger partial charge in [0.15, 0.2) is 0 Å². The first kappa shape index (κ1) is 15.5. The van der Waals surface area contributed by atoms with E-state index in [1.165, 1.54) is 12.8 Å². The highest BCUT2D eigenvalue weighted by Gasteiger charge is 2.37. The van der Waals surface area contributed by atoms with E-state index >= 15 is 0 Å². The van der Waals surface area contributed by atoms with Crippen LogP contribution in [0.1, 0.15) is 66.2 Å². The van der Waals surface area contributed by atoms with Crippen molar-refractivity contribution in [2.45, 2.75) is 72.3 Å². The minimum absolute atomic E-state index is 0.116. The molecule has 0 N–H and O–H groups in total. The second-order valence-corrected chi connectivity index (χ2v) is 6.35. The highest BCUT2D eigenvalue weighted by Crippen LogP contribution is 2.42. The summed E-state index contributed by atoms with van der Waals surface area (Å²) < 4.78 is 5.97. The molecule has 1 rings (SSSR count). The molecular formula is C16H29NO. The quantitative estimate of drug-likeness (QED) is 0.649. The Hall–Kier alpha value is -0.550. The average Bonchev–Trinajstić information content (AvgIpc) is 2.39. The van der Waals surface area contributed by atoms with E-state index in [1.54, 1.807) is 0 Å². The van der Waals surface area contributed by atoms with Crippen molar-refractivity contribution in [1.29, 1.82) is 5.26 Å². The Bertz CT molecular complexity index is 279. The Morgan fingerprint density at radius 1 is 1.28 bits per heavy atom. The Kier molecular flexibility index (Phi) is 6.15. The molecule has 0 aromatic carbocycles. The maximum Gasteiger partial charge on any atom is 0.0736 e. The second kappa shape index (κ2) is 7.14. The summed E-state index contributed by atoms with van der Waals surface area (Å²) in [5, 5.41) is 9.23. The van der Waals surface area contributed by atoms with E-state index in [-0.39, 0.29) is 12.0 Å².